The van der Waals surface area contributed by atoms with Gasteiger partial charge in [-0.2, -0.15) is 0 Å². The van der Waals surface area contributed by atoms with Crippen LogP contribution in [0.4, 0.5) is 5.69 Å². The van der Waals surface area contributed by atoms with Gasteiger partial charge < -0.3 is 10.1 Å². The number of hydrogen-bond acceptors (Lipinski definition) is 2. The van der Waals surface area contributed by atoms with Crippen molar-refractivity contribution in [3.05, 3.63) is 58.1 Å². The van der Waals surface area contributed by atoms with Gasteiger partial charge >= 0.3 is 0 Å². The molecule has 2 nitrogen and oxygen atoms in total. The first-order valence-electron chi connectivity index (χ1n) is 6.34. The lowest BCUT2D eigenvalue weighted by atomic mass is 10.1. The second-order valence-electron chi connectivity index (χ2n) is 4.53. The number of hydrogen-bond donors (Lipinski definition) is 1. The Kier molecular flexibility index (Phi) is 4.86. The zero-order valence-electron chi connectivity index (χ0n) is 11.2. The largest absolute Gasteiger partial charge is 0.492 e. The molecular weight excluding hydrogens is 302 g/mol. The van der Waals surface area contributed by atoms with Crippen LogP contribution in [0, 0.1) is 13.8 Å². The summed E-state index contributed by atoms with van der Waals surface area (Å²) in [6, 6.07) is 14.3. The summed E-state index contributed by atoms with van der Waals surface area (Å²) in [4.78, 5) is 0. The van der Waals surface area contributed by atoms with Gasteiger partial charge in [-0.05, 0) is 55.3 Å². The van der Waals surface area contributed by atoms with Crippen LogP contribution in [0.3, 0.4) is 0 Å². The highest BCUT2D eigenvalue weighted by molar-refractivity contribution is 9.10. The Labute approximate surface area is 122 Å². The Bertz CT molecular complexity index is 554. The Balaban J connectivity index is 1.79. The summed E-state index contributed by atoms with van der Waals surface area (Å²) >= 11 is 3.43. The lowest BCUT2D eigenvalue weighted by Gasteiger charge is -2.10. The molecule has 1 N–H and O–H groups in total. The van der Waals surface area contributed by atoms with Crippen molar-refractivity contribution in [2.75, 3.05) is 18.5 Å². The number of nitrogens with one attached hydrogen (secondary N) is 1. The van der Waals surface area contributed by atoms with E-state index in [4.69, 9.17) is 4.74 Å². The van der Waals surface area contributed by atoms with Crippen LogP contribution in [-0.2, 0) is 0 Å². The molecule has 0 saturated carbocycles. The standard InChI is InChI=1S/C16H18BrNO/c1-12-6-7-15(10-13(12)2)18-8-9-19-16-5-3-4-14(17)11-16/h3-7,10-11,18H,8-9H2,1-2H3. The van der Waals surface area contributed by atoms with Crippen molar-refractivity contribution in [2.45, 2.75) is 13.8 Å². The van der Waals surface area contributed by atoms with Gasteiger partial charge in [-0.25, -0.2) is 0 Å². The molecule has 0 aromatic heterocycles. The van der Waals surface area contributed by atoms with E-state index in [2.05, 4.69) is 53.3 Å². The highest BCUT2D eigenvalue weighted by atomic mass is 79.9. The Morgan fingerprint density at radius 3 is 2.63 bits per heavy atom. The number of benzene rings is 2. The topological polar surface area (TPSA) is 21.3 Å². The predicted molar refractivity (Wildman–Crippen MR) is 84.0 cm³/mol. The molecule has 19 heavy (non-hydrogen) atoms. The van der Waals surface area contributed by atoms with Crippen LogP contribution in [0.5, 0.6) is 5.75 Å². The minimum absolute atomic E-state index is 0.642. The van der Waals surface area contributed by atoms with Crippen molar-refractivity contribution >= 4 is 21.6 Å². The van der Waals surface area contributed by atoms with E-state index >= 15 is 0 Å². The zero-order valence-corrected chi connectivity index (χ0v) is 12.8. The Hall–Kier alpha value is -1.48. The number of anilines is 1. The predicted octanol–water partition coefficient (Wildman–Crippen LogP) is 4.56. The number of ether oxygens (including phenoxy) is 1. The third kappa shape index (κ3) is 4.28. The molecule has 0 aliphatic rings. The second kappa shape index (κ2) is 6.62. The molecule has 0 bridgehead atoms. The van der Waals surface area contributed by atoms with Crippen LogP contribution in [0.1, 0.15) is 11.1 Å². The Morgan fingerprint density at radius 2 is 1.89 bits per heavy atom. The molecule has 100 valence electrons. The summed E-state index contributed by atoms with van der Waals surface area (Å²) in [5, 5.41) is 3.36. The fourth-order valence-electron chi connectivity index (χ4n) is 1.77. The molecule has 0 aliphatic heterocycles. The summed E-state index contributed by atoms with van der Waals surface area (Å²) in [7, 11) is 0. The van der Waals surface area contributed by atoms with Crippen LogP contribution in [0.2, 0.25) is 0 Å². The fraction of sp³-hybridized carbons (Fsp3) is 0.250. The summed E-state index contributed by atoms with van der Waals surface area (Å²) in [5.74, 6) is 0.885. The van der Waals surface area contributed by atoms with Gasteiger partial charge in [-0.1, -0.05) is 28.1 Å². The molecule has 0 amide bonds. The van der Waals surface area contributed by atoms with Crippen molar-refractivity contribution in [3.8, 4) is 5.75 Å². The van der Waals surface area contributed by atoms with Crippen LogP contribution < -0.4 is 10.1 Å². The van der Waals surface area contributed by atoms with Gasteiger partial charge in [0.2, 0.25) is 0 Å². The van der Waals surface area contributed by atoms with E-state index in [9.17, 15) is 0 Å². The highest BCUT2D eigenvalue weighted by Gasteiger charge is 1.97. The van der Waals surface area contributed by atoms with Gasteiger partial charge in [0.05, 0.1) is 0 Å². The first-order valence-corrected chi connectivity index (χ1v) is 7.14. The normalized spacial score (nSPS) is 10.3. The van der Waals surface area contributed by atoms with E-state index in [1.807, 2.05) is 24.3 Å². The molecule has 2 aromatic rings. The molecule has 2 aromatic carbocycles. The molecule has 0 saturated heterocycles. The van der Waals surface area contributed by atoms with Crippen molar-refractivity contribution in [3.63, 3.8) is 0 Å². The van der Waals surface area contributed by atoms with Crippen molar-refractivity contribution < 1.29 is 4.74 Å². The van der Waals surface area contributed by atoms with E-state index in [1.54, 1.807) is 0 Å². The number of halogens is 1. The first-order chi connectivity index (χ1) is 9.15. The molecule has 0 radical (unpaired) electrons. The van der Waals surface area contributed by atoms with Gasteiger partial charge in [-0.15, -0.1) is 0 Å². The van der Waals surface area contributed by atoms with Crippen LogP contribution in [0.15, 0.2) is 46.9 Å². The van der Waals surface area contributed by atoms with Crippen molar-refractivity contribution in [1.29, 1.82) is 0 Å². The van der Waals surface area contributed by atoms with E-state index in [1.165, 1.54) is 11.1 Å². The minimum Gasteiger partial charge on any atom is -0.492 e. The van der Waals surface area contributed by atoms with Crippen LogP contribution >= 0.6 is 15.9 Å². The summed E-state index contributed by atoms with van der Waals surface area (Å²) in [5.41, 5.74) is 3.76. The molecule has 2 rings (SSSR count). The third-order valence-electron chi connectivity index (χ3n) is 3.00. The second-order valence-corrected chi connectivity index (χ2v) is 5.45. The first kappa shape index (κ1) is 13.9. The lowest BCUT2D eigenvalue weighted by Crippen LogP contribution is -2.11. The molecule has 0 atom stereocenters. The maximum Gasteiger partial charge on any atom is 0.120 e. The number of rotatable bonds is 5. The maximum absolute atomic E-state index is 5.67. The monoisotopic (exact) mass is 319 g/mol. The van der Waals surface area contributed by atoms with Gasteiger partial charge in [0.1, 0.15) is 12.4 Å². The molecule has 0 aliphatic carbocycles. The maximum atomic E-state index is 5.67. The summed E-state index contributed by atoms with van der Waals surface area (Å²) in [6.07, 6.45) is 0. The third-order valence-corrected chi connectivity index (χ3v) is 3.50. The molecule has 0 fully saturated rings. The molecule has 3 heteroatoms. The van der Waals surface area contributed by atoms with Crippen LogP contribution in [-0.4, -0.2) is 13.2 Å². The summed E-state index contributed by atoms with van der Waals surface area (Å²) in [6.45, 7) is 5.67. The van der Waals surface area contributed by atoms with Crippen LogP contribution in [0.25, 0.3) is 0 Å². The molecular formula is C16H18BrNO. The summed E-state index contributed by atoms with van der Waals surface area (Å²) < 4.78 is 6.70. The van der Waals surface area contributed by atoms with E-state index in [0.29, 0.717) is 6.61 Å². The number of aryl methyl sites for hydroxylation is 2. The van der Waals surface area contributed by atoms with E-state index in [0.717, 1.165) is 22.5 Å². The SMILES string of the molecule is Cc1ccc(NCCOc2cccc(Br)c2)cc1C. The molecule has 0 unspecified atom stereocenters. The van der Waals surface area contributed by atoms with E-state index < -0.39 is 0 Å². The van der Waals surface area contributed by atoms with Gasteiger partial charge in [0, 0.05) is 16.7 Å². The van der Waals surface area contributed by atoms with Crippen molar-refractivity contribution in [1.82, 2.24) is 0 Å². The fourth-order valence-corrected chi connectivity index (χ4v) is 2.15. The molecule has 0 spiro atoms. The zero-order chi connectivity index (χ0) is 13.7. The van der Waals surface area contributed by atoms with E-state index in [-0.39, 0.29) is 0 Å². The average Bonchev–Trinajstić information content (AvgIpc) is 2.39. The lowest BCUT2D eigenvalue weighted by molar-refractivity contribution is 0.332. The average molecular weight is 320 g/mol. The quantitative estimate of drug-likeness (QED) is 0.816. The smallest absolute Gasteiger partial charge is 0.120 e. The van der Waals surface area contributed by atoms with Crippen molar-refractivity contribution in [2.24, 2.45) is 0 Å². The minimum atomic E-state index is 0.642. The van der Waals surface area contributed by atoms with Gasteiger partial charge in [0.25, 0.3) is 0 Å². The molecule has 0 heterocycles. The van der Waals surface area contributed by atoms with Gasteiger partial charge in [-0.3, -0.25) is 0 Å². The Morgan fingerprint density at radius 1 is 1.05 bits per heavy atom. The highest BCUT2D eigenvalue weighted by Crippen LogP contribution is 2.18. The van der Waals surface area contributed by atoms with Gasteiger partial charge in [0.15, 0.2) is 0 Å².